The van der Waals surface area contributed by atoms with Crippen LogP contribution >= 0.6 is 7.37 Å². The minimum absolute atomic E-state index is 0.0952. The standard InChI is InChI=1S/C20H31N2O5PSi/c1-6-26-20(23)18-15-22(16-25-13-14-29(3,4)5)21-19(18)28(24,27-7-2)17-11-9-8-10-12-17/h8-12,15H,6-7,13-14,16H2,1-5H3. The SMILES string of the molecule is CCOC(=O)c1cn(COCC[Si](C)(C)C)nc1P(=O)(OCC)c1ccccc1. The van der Waals surface area contributed by atoms with Gasteiger partial charge in [-0.25, -0.2) is 9.48 Å². The molecule has 160 valence electrons. The smallest absolute Gasteiger partial charge is 0.342 e. The summed E-state index contributed by atoms with van der Waals surface area (Å²) in [5.74, 6) is -0.577. The van der Waals surface area contributed by atoms with E-state index in [0.717, 1.165) is 6.04 Å². The van der Waals surface area contributed by atoms with Gasteiger partial charge in [0.15, 0.2) is 5.44 Å². The summed E-state index contributed by atoms with van der Waals surface area (Å²) in [4.78, 5) is 12.5. The Morgan fingerprint density at radius 2 is 1.83 bits per heavy atom. The molecule has 1 unspecified atom stereocenters. The van der Waals surface area contributed by atoms with Crippen LogP contribution in [0, 0.1) is 0 Å². The van der Waals surface area contributed by atoms with E-state index in [-0.39, 0.29) is 30.9 Å². The number of hydrogen-bond donors (Lipinski definition) is 0. The lowest BCUT2D eigenvalue weighted by atomic mass is 10.4. The molecule has 0 saturated heterocycles. The van der Waals surface area contributed by atoms with Crippen LogP contribution in [0.2, 0.25) is 25.7 Å². The zero-order chi connectivity index (χ0) is 21.5. The lowest BCUT2D eigenvalue weighted by Gasteiger charge is -2.17. The van der Waals surface area contributed by atoms with E-state index in [2.05, 4.69) is 24.7 Å². The monoisotopic (exact) mass is 438 g/mol. The summed E-state index contributed by atoms with van der Waals surface area (Å²) in [6.45, 7) is 11.5. The van der Waals surface area contributed by atoms with Crippen LogP contribution in [0.1, 0.15) is 24.2 Å². The number of esters is 1. The van der Waals surface area contributed by atoms with Gasteiger partial charge in [-0.2, -0.15) is 5.10 Å². The summed E-state index contributed by atoms with van der Waals surface area (Å²) in [6, 6.07) is 9.84. The first-order valence-corrected chi connectivity index (χ1v) is 15.2. The number of hydrogen-bond acceptors (Lipinski definition) is 6. The Bertz CT molecular complexity index is 848. The predicted octanol–water partition coefficient (Wildman–Crippen LogP) is 3.64. The first-order valence-electron chi connectivity index (χ1n) is 9.84. The molecule has 1 aromatic carbocycles. The first-order chi connectivity index (χ1) is 13.7. The number of carbonyl (C=O) groups excluding carboxylic acids is 1. The minimum atomic E-state index is -3.57. The largest absolute Gasteiger partial charge is 0.462 e. The van der Waals surface area contributed by atoms with Crippen LogP contribution in [0.15, 0.2) is 36.5 Å². The van der Waals surface area contributed by atoms with Crippen molar-refractivity contribution in [3.63, 3.8) is 0 Å². The van der Waals surface area contributed by atoms with Crippen LogP contribution in [-0.4, -0.2) is 43.6 Å². The zero-order valence-corrected chi connectivity index (χ0v) is 19.8. The van der Waals surface area contributed by atoms with Gasteiger partial charge < -0.3 is 14.0 Å². The summed E-state index contributed by atoms with van der Waals surface area (Å²) in [6.07, 6.45) is 1.52. The summed E-state index contributed by atoms with van der Waals surface area (Å²) in [7, 11) is -4.77. The Labute approximate surface area is 173 Å². The fraction of sp³-hybridized carbons (Fsp3) is 0.500. The molecule has 9 heteroatoms. The zero-order valence-electron chi connectivity index (χ0n) is 17.9. The fourth-order valence-corrected chi connectivity index (χ4v) is 5.55. The maximum absolute atomic E-state index is 13.9. The highest BCUT2D eigenvalue weighted by atomic mass is 31.2. The Morgan fingerprint density at radius 1 is 1.14 bits per heavy atom. The highest BCUT2D eigenvalue weighted by molar-refractivity contribution is 7.74. The average Bonchev–Trinajstić information content (AvgIpc) is 3.11. The molecular formula is C20H31N2O5PSi. The third kappa shape index (κ3) is 6.37. The molecule has 1 heterocycles. The van der Waals surface area contributed by atoms with Crippen LogP contribution in [0.5, 0.6) is 0 Å². The van der Waals surface area contributed by atoms with Crippen molar-refractivity contribution in [2.24, 2.45) is 0 Å². The number of benzene rings is 1. The van der Waals surface area contributed by atoms with E-state index >= 15 is 0 Å². The van der Waals surface area contributed by atoms with Crippen molar-refractivity contribution in [1.82, 2.24) is 9.78 Å². The number of nitrogens with zero attached hydrogens (tertiary/aromatic N) is 2. The molecule has 29 heavy (non-hydrogen) atoms. The van der Waals surface area contributed by atoms with Crippen molar-refractivity contribution in [2.45, 2.75) is 46.3 Å². The summed E-state index contributed by atoms with van der Waals surface area (Å²) >= 11 is 0. The van der Waals surface area contributed by atoms with Gasteiger partial charge in [0, 0.05) is 26.2 Å². The van der Waals surface area contributed by atoms with Crippen molar-refractivity contribution < 1.29 is 23.4 Å². The van der Waals surface area contributed by atoms with Gasteiger partial charge in [0.1, 0.15) is 12.3 Å². The van der Waals surface area contributed by atoms with Gasteiger partial charge in [0.2, 0.25) is 0 Å². The van der Waals surface area contributed by atoms with E-state index in [1.165, 1.54) is 10.9 Å². The summed E-state index contributed by atoms with van der Waals surface area (Å²) < 4.78 is 31.9. The van der Waals surface area contributed by atoms with E-state index in [1.807, 2.05) is 6.07 Å². The van der Waals surface area contributed by atoms with Crippen LogP contribution < -0.4 is 10.7 Å². The molecule has 2 rings (SSSR count). The average molecular weight is 439 g/mol. The molecule has 0 bridgehead atoms. The third-order valence-corrected chi connectivity index (χ3v) is 8.34. The molecule has 0 aliphatic heterocycles. The Kier molecular flexibility index (Phi) is 8.40. The second-order valence-corrected chi connectivity index (χ2v) is 15.7. The van der Waals surface area contributed by atoms with Crippen LogP contribution in [-0.2, 0) is 25.3 Å². The summed E-state index contributed by atoms with van der Waals surface area (Å²) in [5, 5.41) is 4.91. The van der Waals surface area contributed by atoms with Gasteiger partial charge in [-0.1, -0.05) is 37.8 Å². The Balaban J connectivity index is 2.38. The lowest BCUT2D eigenvalue weighted by Crippen LogP contribution is -2.25. The quantitative estimate of drug-likeness (QED) is 0.231. The Hall–Kier alpha value is -1.73. The van der Waals surface area contributed by atoms with Crippen molar-refractivity contribution in [1.29, 1.82) is 0 Å². The molecule has 0 N–H and O–H groups in total. The molecule has 0 amide bonds. The third-order valence-electron chi connectivity index (χ3n) is 4.14. The normalized spacial score (nSPS) is 13.8. The van der Waals surface area contributed by atoms with Crippen molar-refractivity contribution in [2.75, 3.05) is 19.8 Å². The molecule has 0 fully saturated rings. The van der Waals surface area contributed by atoms with Crippen molar-refractivity contribution in [3.05, 3.63) is 42.1 Å². The fourth-order valence-electron chi connectivity index (χ4n) is 2.65. The molecule has 0 saturated carbocycles. The van der Waals surface area contributed by atoms with Crippen LogP contribution in [0.25, 0.3) is 0 Å². The molecule has 1 aromatic heterocycles. The maximum Gasteiger partial charge on any atom is 0.342 e. The van der Waals surface area contributed by atoms with Crippen molar-refractivity contribution >= 4 is 32.2 Å². The second-order valence-electron chi connectivity index (χ2n) is 7.78. The maximum atomic E-state index is 13.9. The van der Waals surface area contributed by atoms with Crippen molar-refractivity contribution in [3.8, 4) is 0 Å². The molecule has 2 aromatic rings. The van der Waals surface area contributed by atoms with Gasteiger partial charge in [-0.3, -0.25) is 4.57 Å². The molecule has 7 nitrogen and oxygen atoms in total. The van der Waals surface area contributed by atoms with Crippen LogP contribution in [0.4, 0.5) is 0 Å². The number of carbonyl (C=O) groups is 1. The molecule has 1 atom stereocenters. The lowest BCUT2D eigenvalue weighted by molar-refractivity contribution is 0.0526. The van der Waals surface area contributed by atoms with Gasteiger partial charge in [-0.05, 0) is 32.0 Å². The predicted molar refractivity (Wildman–Crippen MR) is 117 cm³/mol. The first kappa shape index (κ1) is 23.5. The molecule has 0 aliphatic rings. The van der Waals surface area contributed by atoms with E-state index in [0.29, 0.717) is 11.9 Å². The number of rotatable bonds is 11. The molecular weight excluding hydrogens is 407 g/mol. The van der Waals surface area contributed by atoms with Crippen LogP contribution in [0.3, 0.4) is 0 Å². The highest BCUT2D eigenvalue weighted by Gasteiger charge is 2.36. The topological polar surface area (TPSA) is 79.7 Å². The van der Waals surface area contributed by atoms with Gasteiger partial charge >= 0.3 is 5.97 Å². The van der Waals surface area contributed by atoms with Gasteiger partial charge in [0.05, 0.1) is 13.2 Å². The molecule has 0 radical (unpaired) electrons. The Morgan fingerprint density at radius 3 is 2.41 bits per heavy atom. The number of aromatic nitrogens is 2. The van der Waals surface area contributed by atoms with E-state index in [9.17, 15) is 9.36 Å². The van der Waals surface area contributed by atoms with Gasteiger partial charge in [0.25, 0.3) is 7.37 Å². The number of ether oxygens (including phenoxy) is 2. The van der Waals surface area contributed by atoms with E-state index < -0.39 is 21.4 Å². The van der Waals surface area contributed by atoms with E-state index in [1.54, 1.807) is 38.1 Å². The van der Waals surface area contributed by atoms with E-state index in [4.69, 9.17) is 14.0 Å². The van der Waals surface area contributed by atoms with Gasteiger partial charge in [-0.15, -0.1) is 0 Å². The minimum Gasteiger partial charge on any atom is -0.462 e. The second kappa shape index (κ2) is 10.3. The summed E-state index contributed by atoms with van der Waals surface area (Å²) in [5.41, 5.74) is 0.235. The molecule has 0 aliphatic carbocycles. The molecule has 0 spiro atoms. The highest BCUT2D eigenvalue weighted by Crippen LogP contribution is 2.45.